The standard InChI is InChI=1S/C12H14O4/c13-12(14)5-3-9-2-4-10-11(8-9)16-7-1-6-15-10/h2,4,8H,1,3,5-7H2,(H,13,14). The molecule has 0 spiro atoms. The molecule has 4 nitrogen and oxygen atoms in total. The van der Waals surface area contributed by atoms with Gasteiger partial charge in [-0.15, -0.1) is 0 Å². The number of carbonyl (C=O) groups is 1. The first-order chi connectivity index (χ1) is 7.75. The zero-order valence-electron chi connectivity index (χ0n) is 8.94. The van der Waals surface area contributed by atoms with E-state index in [1.54, 1.807) is 0 Å². The quantitative estimate of drug-likeness (QED) is 0.848. The summed E-state index contributed by atoms with van der Waals surface area (Å²) in [7, 11) is 0. The van der Waals surface area contributed by atoms with Crippen LogP contribution in [-0.4, -0.2) is 24.3 Å². The molecule has 1 aliphatic rings. The molecule has 0 saturated heterocycles. The highest BCUT2D eigenvalue weighted by molar-refractivity contribution is 5.67. The number of hydrogen-bond donors (Lipinski definition) is 1. The van der Waals surface area contributed by atoms with Crippen LogP contribution in [0.3, 0.4) is 0 Å². The summed E-state index contributed by atoms with van der Waals surface area (Å²) in [5.41, 5.74) is 0.964. The first-order valence-corrected chi connectivity index (χ1v) is 5.36. The predicted octanol–water partition coefficient (Wildman–Crippen LogP) is 1.87. The maximum atomic E-state index is 10.5. The van der Waals surface area contributed by atoms with Crippen LogP contribution in [0.25, 0.3) is 0 Å². The Kier molecular flexibility index (Phi) is 3.29. The summed E-state index contributed by atoms with van der Waals surface area (Å²) in [6, 6.07) is 5.60. The van der Waals surface area contributed by atoms with Crippen molar-refractivity contribution >= 4 is 5.97 Å². The van der Waals surface area contributed by atoms with Crippen molar-refractivity contribution in [3.63, 3.8) is 0 Å². The molecule has 16 heavy (non-hydrogen) atoms. The number of benzene rings is 1. The Morgan fingerprint density at radius 1 is 1.25 bits per heavy atom. The fourth-order valence-corrected chi connectivity index (χ4v) is 1.61. The molecule has 0 fully saturated rings. The van der Waals surface area contributed by atoms with Gasteiger partial charge in [0, 0.05) is 12.8 Å². The Morgan fingerprint density at radius 3 is 2.75 bits per heavy atom. The van der Waals surface area contributed by atoms with Crippen molar-refractivity contribution < 1.29 is 19.4 Å². The van der Waals surface area contributed by atoms with E-state index in [0.717, 1.165) is 23.5 Å². The molecule has 86 valence electrons. The van der Waals surface area contributed by atoms with E-state index in [4.69, 9.17) is 14.6 Å². The normalized spacial score (nSPS) is 14.2. The number of rotatable bonds is 3. The lowest BCUT2D eigenvalue weighted by Gasteiger charge is -2.08. The van der Waals surface area contributed by atoms with E-state index in [1.807, 2.05) is 18.2 Å². The highest BCUT2D eigenvalue weighted by atomic mass is 16.5. The molecule has 0 bridgehead atoms. The van der Waals surface area contributed by atoms with Gasteiger partial charge >= 0.3 is 5.97 Å². The average Bonchev–Trinajstić information content (AvgIpc) is 2.50. The van der Waals surface area contributed by atoms with E-state index < -0.39 is 5.97 Å². The fraction of sp³-hybridized carbons (Fsp3) is 0.417. The maximum Gasteiger partial charge on any atom is 0.303 e. The molecule has 1 heterocycles. The van der Waals surface area contributed by atoms with E-state index in [9.17, 15) is 4.79 Å². The molecular weight excluding hydrogens is 208 g/mol. The smallest absolute Gasteiger partial charge is 0.303 e. The van der Waals surface area contributed by atoms with Gasteiger partial charge in [0.05, 0.1) is 13.2 Å². The second-order valence-corrected chi connectivity index (χ2v) is 3.73. The van der Waals surface area contributed by atoms with E-state index >= 15 is 0 Å². The monoisotopic (exact) mass is 222 g/mol. The van der Waals surface area contributed by atoms with Crippen molar-refractivity contribution in [2.24, 2.45) is 0 Å². The molecule has 1 N–H and O–H groups in total. The Labute approximate surface area is 93.8 Å². The first kappa shape index (κ1) is 10.8. The summed E-state index contributed by atoms with van der Waals surface area (Å²) in [4.78, 5) is 10.5. The Balaban J connectivity index is 2.11. The number of aryl methyl sites for hydroxylation is 1. The molecular formula is C12H14O4. The molecule has 2 rings (SSSR count). The lowest BCUT2D eigenvalue weighted by atomic mass is 10.1. The zero-order valence-corrected chi connectivity index (χ0v) is 8.94. The third kappa shape index (κ3) is 2.66. The summed E-state index contributed by atoms with van der Waals surface area (Å²) in [6.45, 7) is 1.32. The second kappa shape index (κ2) is 4.88. The fourth-order valence-electron chi connectivity index (χ4n) is 1.61. The van der Waals surface area contributed by atoms with Gasteiger partial charge in [-0.2, -0.15) is 0 Å². The molecule has 1 aromatic rings. The molecule has 4 heteroatoms. The minimum atomic E-state index is -0.785. The molecule has 0 atom stereocenters. The van der Waals surface area contributed by atoms with Crippen LogP contribution in [0.15, 0.2) is 18.2 Å². The van der Waals surface area contributed by atoms with Crippen LogP contribution in [-0.2, 0) is 11.2 Å². The molecule has 0 saturated carbocycles. The van der Waals surface area contributed by atoms with Gasteiger partial charge in [-0.3, -0.25) is 4.79 Å². The van der Waals surface area contributed by atoms with Crippen LogP contribution >= 0.6 is 0 Å². The summed E-state index contributed by atoms with van der Waals surface area (Å²) >= 11 is 0. The summed E-state index contributed by atoms with van der Waals surface area (Å²) < 4.78 is 11.0. The predicted molar refractivity (Wildman–Crippen MR) is 58.0 cm³/mol. The molecule has 1 aromatic carbocycles. The van der Waals surface area contributed by atoms with Crippen molar-refractivity contribution in [1.82, 2.24) is 0 Å². The zero-order chi connectivity index (χ0) is 11.4. The van der Waals surface area contributed by atoms with Crippen LogP contribution in [0.5, 0.6) is 11.5 Å². The number of carboxylic acids is 1. The van der Waals surface area contributed by atoms with Crippen molar-refractivity contribution in [1.29, 1.82) is 0 Å². The molecule has 0 amide bonds. The van der Waals surface area contributed by atoms with Gasteiger partial charge in [-0.1, -0.05) is 6.07 Å². The SMILES string of the molecule is O=C(O)CCc1ccc2c(c1)OCCCO2. The molecule has 0 unspecified atom stereocenters. The highest BCUT2D eigenvalue weighted by Gasteiger charge is 2.10. The molecule has 1 aliphatic heterocycles. The van der Waals surface area contributed by atoms with Gasteiger partial charge in [0.1, 0.15) is 0 Å². The third-order valence-electron chi connectivity index (χ3n) is 2.44. The summed E-state index contributed by atoms with van der Waals surface area (Å²) in [6.07, 6.45) is 1.53. The first-order valence-electron chi connectivity index (χ1n) is 5.36. The number of ether oxygens (including phenoxy) is 2. The van der Waals surface area contributed by atoms with Crippen LogP contribution < -0.4 is 9.47 Å². The Hall–Kier alpha value is -1.71. The van der Waals surface area contributed by atoms with Gasteiger partial charge in [-0.25, -0.2) is 0 Å². The summed E-state index contributed by atoms with van der Waals surface area (Å²) in [5, 5.41) is 8.60. The number of hydrogen-bond acceptors (Lipinski definition) is 3. The highest BCUT2D eigenvalue weighted by Crippen LogP contribution is 2.30. The van der Waals surface area contributed by atoms with E-state index in [-0.39, 0.29) is 6.42 Å². The van der Waals surface area contributed by atoms with E-state index in [1.165, 1.54) is 0 Å². The number of carboxylic acid groups (broad SMARTS) is 1. The lowest BCUT2D eigenvalue weighted by molar-refractivity contribution is -0.136. The van der Waals surface area contributed by atoms with Crippen molar-refractivity contribution in [2.45, 2.75) is 19.3 Å². The largest absolute Gasteiger partial charge is 0.490 e. The molecule has 0 aromatic heterocycles. The van der Waals surface area contributed by atoms with Gasteiger partial charge in [0.2, 0.25) is 0 Å². The third-order valence-corrected chi connectivity index (χ3v) is 2.44. The molecule has 0 radical (unpaired) electrons. The van der Waals surface area contributed by atoms with Crippen LogP contribution in [0.2, 0.25) is 0 Å². The lowest BCUT2D eigenvalue weighted by Crippen LogP contribution is -1.98. The van der Waals surface area contributed by atoms with Crippen molar-refractivity contribution in [3.05, 3.63) is 23.8 Å². The van der Waals surface area contributed by atoms with Crippen LogP contribution in [0.1, 0.15) is 18.4 Å². The molecule has 0 aliphatic carbocycles. The average molecular weight is 222 g/mol. The van der Waals surface area contributed by atoms with Crippen molar-refractivity contribution in [3.8, 4) is 11.5 Å². The van der Waals surface area contributed by atoms with Gasteiger partial charge in [0.25, 0.3) is 0 Å². The van der Waals surface area contributed by atoms with Crippen molar-refractivity contribution in [2.75, 3.05) is 13.2 Å². The van der Waals surface area contributed by atoms with Gasteiger partial charge < -0.3 is 14.6 Å². The maximum absolute atomic E-state index is 10.5. The Bertz CT molecular complexity index is 387. The summed E-state index contributed by atoms with van der Waals surface area (Å²) in [5.74, 6) is 0.684. The number of aliphatic carboxylic acids is 1. The Morgan fingerprint density at radius 2 is 2.00 bits per heavy atom. The van der Waals surface area contributed by atoms with E-state index in [0.29, 0.717) is 19.6 Å². The second-order valence-electron chi connectivity index (χ2n) is 3.73. The van der Waals surface area contributed by atoms with Gasteiger partial charge in [-0.05, 0) is 24.1 Å². The van der Waals surface area contributed by atoms with E-state index in [2.05, 4.69) is 0 Å². The number of fused-ring (bicyclic) bond motifs is 1. The minimum absolute atomic E-state index is 0.139. The topological polar surface area (TPSA) is 55.8 Å². The van der Waals surface area contributed by atoms with Gasteiger partial charge in [0.15, 0.2) is 11.5 Å². The van der Waals surface area contributed by atoms with Crippen LogP contribution in [0, 0.1) is 0 Å². The minimum Gasteiger partial charge on any atom is -0.490 e. The van der Waals surface area contributed by atoms with Crippen LogP contribution in [0.4, 0.5) is 0 Å².